The summed E-state index contributed by atoms with van der Waals surface area (Å²) >= 11 is 0.935. The number of nitrogens with two attached hydrogens (primary N) is 1. The van der Waals surface area contributed by atoms with Gasteiger partial charge in [-0.1, -0.05) is 0 Å². The van der Waals surface area contributed by atoms with Crippen LogP contribution in [0.1, 0.15) is 33.6 Å². The number of hydrogen-bond donors (Lipinski definition) is 2. The summed E-state index contributed by atoms with van der Waals surface area (Å²) in [4.78, 5) is 23.5. The molecule has 0 aromatic carbocycles. The lowest BCUT2D eigenvalue weighted by molar-refractivity contribution is -0.163. The largest absolute Gasteiger partial charge is 0.383 e. The zero-order valence-electron chi connectivity index (χ0n) is 10.7. The predicted molar refractivity (Wildman–Crippen MR) is 69.1 cm³/mol. The molecule has 9 heteroatoms. The van der Waals surface area contributed by atoms with Gasteiger partial charge in [0.1, 0.15) is 5.00 Å². The van der Waals surface area contributed by atoms with E-state index < -0.39 is 24.2 Å². The lowest BCUT2D eigenvalue weighted by atomic mass is 9.95. The molecule has 0 radical (unpaired) electrons. The van der Waals surface area contributed by atoms with Crippen molar-refractivity contribution in [2.75, 3.05) is 5.32 Å². The van der Waals surface area contributed by atoms with Gasteiger partial charge in [0, 0.05) is 4.88 Å². The van der Waals surface area contributed by atoms with Gasteiger partial charge in [0.05, 0.1) is 5.56 Å². The van der Waals surface area contributed by atoms with E-state index in [2.05, 4.69) is 0 Å². The fourth-order valence-electron chi connectivity index (χ4n) is 2.20. The Bertz CT molecular complexity index is 586. The van der Waals surface area contributed by atoms with Gasteiger partial charge in [-0.25, -0.2) is 8.78 Å². The number of aryl methyl sites for hydroxylation is 1. The minimum absolute atomic E-state index is 0.0480. The fraction of sp³-hybridized carbons (Fsp3) is 0.500. The number of thiophene rings is 1. The summed E-state index contributed by atoms with van der Waals surface area (Å²) in [5, 5.41) is 1.54. The molecule has 0 saturated heterocycles. The number of amides is 2. The van der Waals surface area contributed by atoms with E-state index in [9.17, 15) is 27.2 Å². The number of nitrogens with one attached hydrogen (secondary N) is 1. The highest BCUT2D eigenvalue weighted by Gasteiger charge is 2.49. The second-order valence-corrected chi connectivity index (χ2v) is 5.76. The van der Waals surface area contributed by atoms with Crippen LogP contribution >= 0.6 is 11.3 Å². The maximum Gasteiger partial charge on any atom is 0.383 e. The standard InChI is InChI=1S/C12H12F4N2O2S/c13-10(14)12(15,16)11(20)18-9-7(8(17)19)5-3-1-2-4-6(5)21-9/h10H,1-4H2,(H2,17,19)(H,18,20). The van der Waals surface area contributed by atoms with Crippen LogP contribution in [-0.4, -0.2) is 24.2 Å². The molecule has 4 nitrogen and oxygen atoms in total. The number of primary amides is 1. The molecule has 0 saturated carbocycles. The van der Waals surface area contributed by atoms with Crippen LogP contribution in [0.15, 0.2) is 0 Å². The Morgan fingerprint density at radius 1 is 1.24 bits per heavy atom. The van der Waals surface area contributed by atoms with Crippen molar-refractivity contribution in [3.63, 3.8) is 0 Å². The number of halogens is 4. The first kappa shape index (κ1) is 15.7. The maximum absolute atomic E-state index is 13.0. The molecule has 1 aliphatic carbocycles. The molecular weight excluding hydrogens is 312 g/mol. The van der Waals surface area contributed by atoms with Gasteiger partial charge in [-0.05, 0) is 31.2 Å². The molecule has 0 fully saturated rings. The van der Waals surface area contributed by atoms with E-state index in [0.717, 1.165) is 29.1 Å². The number of rotatable bonds is 4. The van der Waals surface area contributed by atoms with Crippen LogP contribution < -0.4 is 11.1 Å². The van der Waals surface area contributed by atoms with E-state index >= 15 is 0 Å². The van der Waals surface area contributed by atoms with Gasteiger partial charge < -0.3 is 11.1 Å². The summed E-state index contributed by atoms with van der Waals surface area (Å²) in [6.07, 6.45) is -1.26. The lowest BCUT2D eigenvalue weighted by Crippen LogP contribution is -2.41. The normalized spacial score (nSPS) is 14.9. The zero-order valence-corrected chi connectivity index (χ0v) is 11.5. The minimum Gasteiger partial charge on any atom is -0.365 e. The Morgan fingerprint density at radius 3 is 2.43 bits per heavy atom. The third-order valence-corrected chi connectivity index (χ3v) is 4.43. The average Bonchev–Trinajstić information content (AvgIpc) is 2.76. The van der Waals surface area contributed by atoms with Gasteiger partial charge in [0.15, 0.2) is 0 Å². The first-order chi connectivity index (χ1) is 9.75. The van der Waals surface area contributed by atoms with Gasteiger partial charge in [0.2, 0.25) is 0 Å². The molecule has 21 heavy (non-hydrogen) atoms. The third-order valence-electron chi connectivity index (χ3n) is 3.22. The maximum atomic E-state index is 13.0. The van der Waals surface area contributed by atoms with E-state index in [0.29, 0.717) is 18.4 Å². The predicted octanol–water partition coefficient (Wildman–Crippen LogP) is 2.56. The quantitative estimate of drug-likeness (QED) is 0.836. The average molecular weight is 324 g/mol. The van der Waals surface area contributed by atoms with Crippen LogP contribution in [-0.2, 0) is 17.6 Å². The van der Waals surface area contributed by atoms with Gasteiger partial charge in [-0.3, -0.25) is 9.59 Å². The number of fused-ring (bicyclic) bond motifs is 1. The van der Waals surface area contributed by atoms with E-state index in [1.54, 1.807) is 5.32 Å². The first-order valence-corrected chi connectivity index (χ1v) is 6.98. The van der Waals surface area contributed by atoms with Crippen LogP contribution in [0.3, 0.4) is 0 Å². The molecule has 1 aromatic rings. The summed E-state index contributed by atoms with van der Waals surface area (Å²) in [5.74, 6) is -7.83. The Kier molecular flexibility index (Phi) is 4.22. The summed E-state index contributed by atoms with van der Waals surface area (Å²) in [5.41, 5.74) is 5.78. The molecule has 1 aromatic heterocycles. The van der Waals surface area contributed by atoms with Crippen molar-refractivity contribution >= 4 is 28.2 Å². The molecular formula is C12H12F4N2O2S. The van der Waals surface area contributed by atoms with Crippen molar-refractivity contribution in [3.05, 3.63) is 16.0 Å². The van der Waals surface area contributed by atoms with E-state index in [1.165, 1.54) is 0 Å². The number of hydrogen-bond acceptors (Lipinski definition) is 3. The molecule has 0 aliphatic heterocycles. The second kappa shape index (κ2) is 5.63. The topological polar surface area (TPSA) is 72.2 Å². The SMILES string of the molecule is NC(=O)c1c(NC(=O)C(F)(F)C(F)F)sc2c1CCCC2. The van der Waals surface area contributed by atoms with Gasteiger partial charge >= 0.3 is 18.3 Å². The highest BCUT2D eigenvalue weighted by Crippen LogP contribution is 2.38. The Hall–Kier alpha value is -1.64. The van der Waals surface area contributed by atoms with Crippen LogP contribution in [0.4, 0.5) is 22.6 Å². The molecule has 2 rings (SSSR count). The third kappa shape index (κ3) is 2.87. The molecule has 0 bridgehead atoms. The summed E-state index contributed by atoms with van der Waals surface area (Å²) in [6.45, 7) is 0. The molecule has 0 spiro atoms. The van der Waals surface area contributed by atoms with Gasteiger partial charge in [0.25, 0.3) is 5.91 Å². The van der Waals surface area contributed by atoms with Gasteiger partial charge in [-0.15, -0.1) is 11.3 Å². The Morgan fingerprint density at radius 2 is 1.86 bits per heavy atom. The minimum atomic E-state index is -4.82. The van der Waals surface area contributed by atoms with Crippen LogP contribution in [0.2, 0.25) is 0 Å². The fourth-order valence-corrected chi connectivity index (χ4v) is 3.49. The summed E-state index contributed by atoms with van der Waals surface area (Å²) < 4.78 is 50.2. The number of carbonyl (C=O) groups is 2. The van der Waals surface area contributed by atoms with Crippen molar-refractivity contribution in [1.29, 1.82) is 0 Å². The van der Waals surface area contributed by atoms with Crippen molar-refractivity contribution < 1.29 is 27.2 Å². The van der Waals surface area contributed by atoms with Crippen LogP contribution in [0.5, 0.6) is 0 Å². The molecule has 1 heterocycles. The van der Waals surface area contributed by atoms with E-state index in [1.807, 2.05) is 0 Å². The van der Waals surface area contributed by atoms with Crippen LogP contribution in [0, 0.1) is 0 Å². The van der Waals surface area contributed by atoms with Crippen LogP contribution in [0.25, 0.3) is 0 Å². The zero-order chi connectivity index (χ0) is 15.8. The van der Waals surface area contributed by atoms with Crippen molar-refractivity contribution in [2.24, 2.45) is 5.73 Å². The van der Waals surface area contributed by atoms with Crippen molar-refractivity contribution in [3.8, 4) is 0 Å². The molecule has 0 atom stereocenters. The summed E-state index contributed by atoms with van der Waals surface area (Å²) in [7, 11) is 0. The van der Waals surface area contributed by atoms with Gasteiger partial charge in [-0.2, -0.15) is 8.78 Å². The van der Waals surface area contributed by atoms with Crippen molar-refractivity contribution in [1.82, 2.24) is 0 Å². The molecule has 3 N–H and O–H groups in total. The highest BCUT2D eigenvalue weighted by atomic mass is 32.1. The smallest absolute Gasteiger partial charge is 0.365 e. The molecule has 116 valence electrons. The lowest BCUT2D eigenvalue weighted by Gasteiger charge is -2.14. The monoisotopic (exact) mass is 324 g/mol. The summed E-state index contributed by atoms with van der Waals surface area (Å²) in [6, 6.07) is 0. The first-order valence-electron chi connectivity index (χ1n) is 6.17. The van der Waals surface area contributed by atoms with E-state index in [4.69, 9.17) is 5.73 Å². The number of anilines is 1. The molecule has 1 aliphatic rings. The molecule has 2 amide bonds. The molecule has 0 unspecified atom stereocenters. The highest BCUT2D eigenvalue weighted by molar-refractivity contribution is 7.17. The number of alkyl halides is 4. The second-order valence-electron chi connectivity index (χ2n) is 4.66. The van der Waals surface area contributed by atoms with E-state index in [-0.39, 0.29) is 10.6 Å². The Labute approximate surface area is 121 Å². The number of carbonyl (C=O) groups excluding carboxylic acids is 2. The Balaban J connectivity index is 2.34. The van der Waals surface area contributed by atoms with Crippen molar-refractivity contribution in [2.45, 2.75) is 38.0 Å².